The lowest BCUT2D eigenvalue weighted by Gasteiger charge is -2.07. The highest BCUT2D eigenvalue weighted by molar-refractivity contribution is 7.12. The van der Waals surface area contributed by atoms with Crippen LogP contribution in [0, 0.1) is 0 Å². The maximum absolute atomic E-state index is 11.7. The molecule has 2 aromatic rings. The molecule has 5 nitrogen and oxygen atoms in total. The van der Waals surface area contributed by atoms with Gasteiger partial charge in [-0.3, -0.25) is 5.32 Å². The molecular formula is C14H13NO4S. The van der Waals surface area contributed by atoms with Crippen molar-refractivity contribution in [2.75, 3.05) is 11.9 Å². The van der Waals surface area contributed by atoms with E-state index < -0.39 is 12.1 Å². The van der Waals surface area contributed by atoms with Gasteiger partial charge >= 0.3 is 12.1 Å². The lowest BCUT2D eigenvalue weighted by molar-refractivity contribution is 0.0533. The molecule has 1 amide bonds. The largest absolute Gasteiger partial charge is 0.462 e. The second kappa shape index (κ2) is 6.72. The first-order valence-corrected chi connectivity index (χ1v) is 6.87. The number of carbonyl (C=O) groups excluding carboxylic acids is 2. The normalized spacial score (nSPS) is 9.85. The van der Waals surface area contributed by atoms with Crippen molar-refractivity contribution < 1.29 is 19.1 Å². The molecule has 0 unspecified atom stereocenters. The molecule has 0 saturated heterocycles. The van der Waals surface area contributed by atoms with E-state index in [0.29, 0.717) is 16.3 Å². The number of para-hydroxylation sites is 1. The summed E-state index contributed by atoms with van der Waals surface area (Å²) in [5, 5.41) is 4.23. The fourth-order valence-electron chi connectivity index (χ4n) is 1.49. The average Bonchev–Trinajstić information content (AvgIpc) is 2.88. The van der Waals surface area contributed by atoms with Gasteiger partial charge in [-0.15, -0.1) is 11.3 Å². The molecule has 6 heteroatoms. The van der Waals surface area contributed by atoms with Crippen LogP contribution in [0.2, 0.25) is 0 Å². The van der Waals surface area contributed by atoms with Crippen LogP contribution in [0.5, 0.6) is 5.75 Å². The lowest BCUT2D eigenvalue weighted by atomic mass is 10.3. The van der Waals surface area contributed by atoms with Crippen LogP contribution in [0.25, 0.3) is 0 Å². The number of ether oxygens (including phenoxy) is 2. The number of nitrogens with one attached hydrogen (secondary N) is 1. The minimum absolute atomic E-state index is 0.282. The molecule has 0 aliphatic rings. The molecular weight excluding hydrogens is 278 g/mol. The summed E-state index contributed by atoms with van der Waals surface area (Å²) in [5.41, 5.74) is 0.384. The van der Waals surface area contributed by atoms with E-state index in [1.807, 2.05) is 6.07 Å². The van der Waals surface area contributed by atoms with Gasteiger partial charge in [-0.25, -0.2) is 9.59 Å². The van der Waals surface area contributed by atoms with Crippen LogP contribution in [0.4, 0.5) is 10.5 Å². The van der Waals surface area contributed by atoms with Gasteiger partial charge in [0.15, 0.2) is 0 Å². The van der Waals surface area contributed by atoms with Crippen LogP contribution in [0.15, 0.2) is 41.8 Å². The van der Waals surface area contributed by atoms with E-state index in [4.69, 9.17) is 9.47 Å². The van der Waals surface area contributed by atoms with Gasteiger partial charge in [-0.1, -0.05) is 18.2 Å². The summed E-state index contributed by atoms with van der Waals surface area (Å²) in [6.45, 7) is 2.01. The highest BCUT2D eigenvalue weighted by atomic mass is 32.1. The SMILES string of the molecule is CCOC(=O)c1sccc1NC(=O)Oc1ccccc1. The summed E-state index contributed by atoms with van der Waals surface area (Å²) >= 11 is 1.20. The van der Waals surface area contributed by atoms with Crippen LogP contribution in [0.3, 0.4) is 0 Å². The molecule has 1 aromatic heterocycles. The quantitative estimate of drug-likeness (QED) is 0.875. The Labute approximate surface area is 120 Å². The fraction of sp³-hybridized carbons (Fsp3) is 0.143. The van der Waals surface area contributed by atoms with Crippen molar-refractivity contribution in [2.45, 2.75) is 6.92 Å². The molecule has 0 fully saturated rings. The number of amides is 1. The highest BCUT2D eigenvalue weighted by Gasteiger charge is 2.16. The summed E-state index contributed by atoms with van der Waals surface area (Å²) in [6, 6.07) is 10.3. The number of hydrogen-bond acceptors (Lipinski definition) is 5. The molecule has 0 aliphatic carbocycles. The zero-order chi connectivity index (χ0) is 14.4. The molecule has 0 saturated carbocycles. The Hall–Kier alpha value is -2.34. The Morgan fingerprint density at radius 2 is 1.95 bits per heavy atom. The van der Waals surface area contributed by atoms with E-state index in [1.54, 1.807) is 42.6 Å². The third-order valence-electron chi connectivity index (χ3n) is 2.32. The molecule has 0 spiro atoms. The maximum atomic E-state index is 11.7. The van der Waals surface area contributed by atoms with E-state index >= 15 is 0 Å². The van der Waals surface area contributed by atoms with Gasteiger partial charge in [0.1, 0.15) is 10.6 Å². The number of carbonyl (C=O) groups is 2. The molecule has 104 valence electrons. The number of thiophene rings is 1. The molecule has 1 heterocycles. The molecule has 20 heavy (non-hydrogen) atoms. The van der Waals surface area contributed by atoms with Crippen molar-refractivity contribution in [3.63, 3.8) is 0 Å². The van der Waals surface area contributed by atoms with Crippen LogP contribution in [-0.4, -0.2) is 18.7 Å². The first-order chi connectivity index (χ1) is 9.70. The monoisotopic (exact) mass is 291 g/mol. The summed E-state index contributed by atoms with van der Waals surface area (Å²) in [7, 11) is 0. The van der Waals surface area contributed by atoms with E-state index in [-0.39, 0.29) is 6.61 Å². The molecule has 0 bridgehead atoms. The van der Waals surface area contributed by atoms with Gasteiger partial charge in [-0.2, -0.15) is 0 Å². The van der Waals surface area contributed by atoms with Crippen molar-refractivity contribution in [3.8, 4) is 5.75 Å². The minimum Gasteiger partial charge on any atom is -0.462 e. The predicted octanol–water partition coefficient (Wildman–Crippen LogP) is 3.54. The molecule has 2 rings (SSSR count). The summed E-state index contributed by atoms with van der Waals surface area (Å²) < 4.78 is 9.99. The van der Waals surface area contributed by atoms with Crippen LogP contribution >= 0.6 is 11.3 Å². The average molecular weight is 291 g/mol. The van der Waals surface area contributed by atoms with Crippen molar-refractivity contribution >= 4 is 29.1 Å². The third kappa shape index (κ3) is 3.58. The van der Waals surface area contributed by atoms with E-state index in [0.717, 1.165) is 0 Å². The minimum atomic E-state index is -0.653. The van der Waals surface area contributed by atoms with Crippen molar-refractivity contribution in [1.82, 2.24) is 0 Å². The van der Waals surface area contributed by atoms with Crippen LogP contribution in [-0.2, 0) is 4.74 Å². The predicted molar refractivity (Wildman–Crippen MR) is 76.4 cm³/mol. The summed E-state index contributed by atoms with van der Waals surface area (Å²) in [4.78, 5) is 23.7. The Morgan fingerprint density at radius 1 is 1.20 bits per heavy atom. The van der Waals surface area contributed by atoms with E-state index in [9.17, 15) is 9.59 Å². The van der Waals surface area contributed by atoms with Crippen LogP contribution < -0.4 is 10.1 Å². The standard InChI is InChI=1S/C14H13NO4S/c1-2-18-13(16)12-11(8-9-20-12)15-14(17)19-10-6-4-3-5-7-10/h3-9H,2H2,1H3,(H,15,17). The zero-order valence-corrected chi connectivity index (χ0v) is 11.6. The molecule has 0 radical (unpaired) electrons. The topological polar surface area (TPSA) is 64.6 Å². The van der Waals surface area contributed by atoms with Crippen LogP contribution in [0.1, 0.15) is 16.6 Å². The Balaban J connectivity index is 2.02. The Morgan fingerprint density at radius 3 is 2.65 bits per heavy atom. The van der Waals surface area contributed by atoms with E-state index in [1.165, 1.54) is 11.3 Å². The Kier molecular flexibility index (Phi) is 4.73. The van der Waals surface area contributed by atoms with Gasteiger partial charge < -0.3 is 9.47 Å². The Bertz CT molecular complexity index is 594. The van der Waals surface area contributed by atoms with Crippen molar-refractivity contribution in [3.05, 3.63) is 46.7 Å². The second-order valence-corrected chi connectivity index (χ2v) is 4.63. The third-order valence-corrected chi connectivity index (χ3v) is 3.21. The number of rotatable bonds is 4. The molecule has 0 atom stereocenters. The molecule has 1 aromatic carbocycles. The lowest BCUT2D eigenvalue weighted by Crippen LogP contribution is -2.18. The molecule has 1 N–H and O–H groups in total. The van der Waals surface area contributed by atoms with E-state index in [2.05, 4.69) is 5.32 Å². The van der Waals surface area contributed by atoms with Crippen molar-refractivity contribution in [2.24, 2.45) is 0 Å². The zero-order valence-electron chi connectivity index (χ0n) is 10.8. The smallest absolute Gasteiger partial charge is 0.417 e. The highest BCUT2D eigenvalue weighted by Crippen LogP contribution is 2.23. The number of benzene rings is 1. The van der Waals surface area contributed by atoms with Gasteiger partial charge in [0, 0.05) is 0 Å². The van der Waals surface area contributed by atoms with Gasteiger partial charge in [0.05, 0.1) is 12.3 Å². The summed E-state index contributed by atoms with van der Waals surface area (Å²) in [5.74, 6) is -0.0320. The first-order valence-electron chi connectivity index (χ1n) is 5.99. The van der Waals surface area contributed by atoms with Gasteiger partial charge in [0.25, 0.3) is 0 Å². The maximum Gasteiger partial charge on any atom is 0.417 e. The molecule has 0 aliphatic heterocycles. The number of esters is 1. The number of hydrogen-bond donors (Lipinski definition) is 1. The summed E-state index contributed by atoms with van der Waals surface area (Å²) in [6.07, 6.45) is -0.653. The fourth-order valence-corrected chi connectivity index (χ4v) is 2.23. The van der Waals surface area contributed by atoms with Gasteiger partial charge in [-0.05, 0) is 30.5 Å². The second-order valence-electron chi connectivity index (χ2n) is 3.71. The van der Waals surface area contributed by atoms with Gasteiger partial charge in [0.2, 0.25) is 0 Å². The first kappa shape index (κ1) is 14.1. The van der Waals surface area contributed by atoms with Crippen molar-refractivity contribution in [1.29, 1.82) is 0 Å². The number of anilines is 1.